The van der Waals surface area contributed by atoms with Crippen molar-refractivity contribution in [3.63, 3.8) is 0 Å². The number of benzene rings is 1. The number of amides is 1. The fraction of sp³-hybridized carbons (Fsp3) is 0.500. The summed E-state index contributed by atoms with van der Waals surface area (Å²) in [7, 11) is 1.77. The molecule has 0 atom stereocenters. The van der Waals surface area contributed by atoms with E-state index in [0.29, 0.717) is 12.8 Å². The van der Waals surface area contributed by atoms with Crippen molar-refractivity contribution in [1.82, 2.24) is 0 Å². The topological polar surface area (TPSA) is 40.5 Å². The summed E-state index contributed by atoms with van der Waals surface area (Å²) in [6, 6.07) is 8.08. The van der Waals surface area contributed by atoms with Gasteiger partial charge in [0.05, 0.1) is 0 Å². The van der Waals surface area contributed by atoms with E-state index in [1.54, 1.807) is 11.9 Å². The molecule has 0 heterocycles. The third kappa shape index (κ3) is 4.19. The van der Waals surface area contributed by atoms with E-state index in [0.717, 1.165) is 18.5 Å². The molecule has 17 heavy (non-hydrogen) atoms. The van der Waals surface area contributed by atoms with E-state index >= 15 is 0 Å². The van der Waals surface area contributed by atoms with E-state index in [2.05, 4.69) is 19.1 Å². The molecule has 0 fully saturated rings. The Labute approximate surface area is 103 Å². The Morgan fingerprint density at radius 2 is 1.94 bits per heavy atom. The molecule has 0 aliphatic heterocycles. The highest BCUT2D eigenvalue weighted by molar-refractivity contribution is 5.92. The van der Waals surface area contributed by atoms with Crippen LogP contribution in [0.5, 0.6) is 0 Å². The Bertz CT molecular complexity index is 346. The molecule has 0 unspecified atom stereocenters. The highest BCUT2D eigenvalue weighted by Gasteiger charge is 2.09. The maximum absolute atomic E-state index is 11.7. The second-order valence-corrected chi connectivity index (χ2v) is 4.20. The molecule has 3 heteroatoms. The molecule has 0 saturated heterocycles. The lowest BCUT2D eigenvalue weighted by Crippen LogP contribution is -2.26. The van der Waals surface area contributed by atoms with Gasteiger partial charge in [0.1, 0.15) is 0 Å². The van der Waals surface area contributed by atoms with Crippen LogP contribution in [0, 0.1) is 0 Å². The van der Waals surface area contributed by atoms with Crippen LogP contribution in [0.15, 0.2) is 24.3 Å². The molecule has 0 aliphatic carbocycles. The first-order valence-electron chi connectivity index (χ1n) is 6.15. The highest BCUT2D eigenvalue weighted by Crippen LogP contribution is 2.16. The molecular formula is C14H21NO2. The van der Waals surface area contributed by atoms with Crippen molar-refractivity contribution in [3.8, 4) is 0 Å². The van der Waals surface area contributed by atoms with Gasteiger partial charge in [-0.15, -0.1) is 0 Å². The summed E-state index contributed by atoms with van der Waals surface area (Å²) in [4.78, 5) is 13.4. The van der Waals surface area contributed by atoms with Crippen molar-refractivity contribution in [2.75, 3.05) is 18.6 Å². The van der Waals surface area contributed by atoms with Gasteiger partial charge in [0, 0.05) is 25.8 Å². The molecule has 0 aromatic heterocycles. The maximum Gasteiger partial charge on any atom is 0.226 e. The average Bonchev–Trinajstić information content (AvgIpc) is 2.36. The molecule has 0 bridgehead atoms. The number of nitrogens with zero attached hydrogens (tertiary/aromatic N) is 1. The Balaban J connectivity index is 2.62. The van der Waals surface area contributed by atoms with Gasteiger partial charge in [-0.05, 0) is 30.5 Å². The molecule has 0 saturated carbocycles. The van der Waals surface area contributed by atoms with Gasteiger partial charge < -0.3 is 10.0 Å². The van der Waals surface area contributed by atoms with Crippen LogP contribution in [0.1, 0.15) is 31.7 Å². The fourth-order valence-corrected chi connectivity index (χ4v) is 1.72. The minimum atomic E-state index is 0.0438. The molecule has 94 valence electrons. The first-order valence-corrected chi connectivity index (χ1v) is 6.15. The fourth-order valence-electron chi connectivity index (χ4n) is 1.72. The first-order chi connectivity index (χ1) is 8.19. The largest absolute Gasteiger partial charge is 0.396 e. The molecule has 1 rings (SSSR count). The van der Waals surface area contributed by atoms with E-state index in [-0.39, 0.29) is 12.5 Å². The number of carbonyl (C=O) groups excluding carboxylic acids is 1. The zero-order valence-corrected chi connectivity index (χ0v) is 10.6. The smallest absolute Gasteiger partial charge is 0.226 e. The number of hydrogen-bond donors (Lipinski definition) is 1. The second-order valence-electron chi connectivity index (χ2n) is 4.20. The van der Waals surface area contributed by atoms with Gasteiger partial charge in [-0.3, -0.25) is 4.79 Å². The van der Waals surface area contributed by atoms with Crippen LogP contribution in [0.3, 0.4) is 0 Å². The molecule has 1 N–H and O–H groups in total. The molecule has 0 spiro atoms. The first kappa shape index (κ1) is 13.7. The third-order valence-electron chi connectivity index (χ3n) is 2.79. The van der Waals surface area contributed by atoms with Gasteiger partial charge in [-0.2, -0.15) is 0 Å². The lowest BCUT2D eigenvalue weighted by atomic mass is 10.1. The number of rotatable bonds is 6. The summed E-state index contributed by atoms with van der Waals surface area (Å²) in [6.07, 6.45) is 3.12. The van der Waals surface area contributed by atoms with Crippen LogP contribution in [0.25, 0.3) is 0 Å². The van der Waals surface area contributed by atoms with Crippen molar-refractivity contribution in [2.45, 2.75) is 32.6 Å². The summed E-state index contributed by atoms with van der Waals surface area (Å²) in [6.45, 7) is 2.22. The Morgan fingerprint density at radius 3 is 2.47 bits per heavy atom. The van der Waals surface area contributed by atoms with Gasteiger partial charge in [-0.1, -0.05) is 25.5 Å². The Morgan fingerprint density at radius 1 is 1.29 bits per heavy atom. The van der Waals surface area contributed by atoms with Gasteiger partial charge in [-0.25, -0.2) is 0 Å². The van der Waals surface area contributed by atoms with Crippen molar-refractivity contribution in [3.05, 3.63) is 29.8 Å². The van der Waals surface area contributed by atoms with Crippen LogP contribution in [-0.4, -0.2) is 24.7 Å². The second kappa shape index (κ2) is 7.07. The van der Waals surface area contributed by atoms with Crippen molar-refractivity contribution in [2.24, 2.45) is 0 Å². The number of anilines is 1. The van der Waals surface area contributed by atoms with Crippen molar-refractivity contribution >= 4 is 11.6 Å². The zero-order chi connectivity index (χ0) is 12.7. The van der Waals surface area contributed by atoms with E-state index in [4.69, 9.17) is 5.11 Å². The average molecular weight is 235 g/mol. The minimum Gasteiger partial charge on any atom is -0.396 e. The molecule has 0 aliphatic rings. The van der Waals surface area contributed by atoms with E-state index in [9.17, 15) is 4.79 Å². The van der Waals surface area contributed by atoms with Gasteiger partial charge in [0.2, 0.25) is 5.91 Å². The summed E-state index contributed by atoms with van der Waals surface area (Å²) < 4.78 is 0. The maximum atomic E-state index is 11.7. The van der Waals surface area contributed by atoms with Crippen LogP contribution in [0.4, 0.5) is 5.69 Å². The summed E-state index contributed by atoms with van der Waals surface area (Å²) >= 11 is 0. The summed E-state index contributed by atoms with van der Waals surface area (Å²) in [5, 5.41) is 8.69. The van der Waals surface area contributed by atoms with Crippen LogP contribution in [-0.2, 0) is 11.2 Å². The predicted molar refractivity (Wildman–Crippen MR) is 70.2 cm³/mol. The van der Waals surface area contributed by atoms with E-state index in [1.807, 2.05) is 12.1 Å². The number of carbonyl (C=O) groups is 1. The number of aliphatic hydroxyl groups excluding tert-OH is 1. The standard InChI is InChI=1S/C14H21NO2/c1-3-5-12-7-9-13(10-8-12)15(2)14(17)6-4-11-16/h7-10,16H,3-6,11H2,1-2H3. The third-order valence-corrected chi connectivity index (χ3v) is 2.79. The van der Waals surface area contributed by atoms with Crippen molar-refractivity contribution < 1.29 is 9.90 Å². The Hall–Kier alpha value is -1.35. The van der Waals surface area contributed by atoms with Gasteiger partial charge in [0.15, 0.2) is 0 Å². The van der Waals surface area contributed by atoms with E-state index in [1.165, 1.54) is 5.56 Å². The number of aliphatic hydroxyl groups is 1. The Kier molecular flexibility index (Phi) is 5.70. The molecular weight excluding hydrogens is 214 g/mol. The molecule has 1 aromatic rings. The molecule has 3 nitrogen and oxygen atoms in total. The predicted octanol–water partition coefficient (Wildman–Crippen LogP) is 2.37. The number of aryl methyl sites for hydroxylation is 1. The van der Waals surface area contributed by atoms with E-state index < -0.39 is 0 Å². The normalized spacial score (nSPS) is 10.3. The summed E-state index contributed by atoms with van der Waals surface area (Å²) in [5.41, 5.74) is 2.21. The van der Waals surface area contributed by atoms with Crippen LogP contribution in [0.2, 0.25) is 0 Å². The molecule has 1 amide bonds. The highest BCUT2D eigenvalue weighted by atomic mass is 16.3. The van der Waals surface area contributed by atoms with Gasteiger partial charge >= 0.3 is 0 Å². The number of hydrogen-bond acceptors (Lipinski definition) is 2. The summed E-state index contributed by atoms with van der Waals surface area (Å²) in [5.74, 6) is 0.0438. The molecule has 0 radical (unpaired) electrons. The van der Waals surface area contributed by atoms with Crippen LogP contribution < -0.4 is 4.90 Å². The quantitative estimate of drug-likeness (QED) is 0.822. The lowest BCUT2D eigenvalue weighted by Gasteiger charge is -2.17. The minimum absolute atomic E-state index is 0.0438. The van der Waals surface area contributed by atoms with Crippen LogP contribution >= 0.6 is 0 Å². The monoisotopic (exact) mass is 235 g/mol. The zero-order valence-electron chi connectivity index (χ0n) is 10.6. The van der Waals surface area contributed by atoms with Crippen molar-refractivity contribution in [1.29, 1.82) is 0 Å². The van der Waals surface area contributed by atoms with Gasteiger partial charge in [0.25, 0.3) is 0 Å². The molecule has 1 aromatic carbocycles. The lowest BCUT2D eigenvalue weighted by molar-refractivity contribution is -0.118. The SMILES string of the molecule is CCCc1ccc(N(C)C(=O)CCCO)cc1.